The van der Waals surface area contributed by atoms with Crippen molar-refractivity contribution in [2.45, 2.75) is 19.8 Å². The number of benzene rings is 2. The summed E-state index contributed by atoms with van der Waals surface area (Å²) in [6, 6.07) is 8.90. The zero-order chi connectivity index (χ0) is 16.5. The number of rotatable bonds is 4. The van der Waals surface area contributed by atoms with Crippen LogP contribution in [-0.4, -0.2) is 8.42 Å². The average Bonchev–Trinajstić information content (AvgIpc) is 2.45. The minimum Gasteiger partial charge on any atom is -0.453 e. The number of hydrogen-bond donors (Lipinski definition) is 0. The van der Waals surface area contributed by atoms with Crippen molar-refractivity contribution in [2.24, 2.45) is 0 Å². The molecule has 0 unspecified atom stereocenters. The van der Waals surface area contributed by atoms with Gasteiger partial charge >= 0.3 is 11.6 Å². The van der Waals surface area contributed by atoms with E-state index in [0.29, 0.717) is 5.75 Å². The third-order valence-corrected chi connectivity index (χ3v) is 3.27. The fourth-order valence-corrected chi connectivity index (χ4v) is 2.25. The van der Waals surface area contributed by atoms with Crippen molar-refractivity contribution < 1.29 is 21.9 Å². The molecule has 0 atom stereocenters. The second kappa shape index (κ2) is 9.42. The molecule has 0 aromatic heterocycles. The molecule has 0 saturated heterocycles. The Kier molecular flexibility index (Phi) is 7.90. The molecular formula is C15H13BrF2O3S. The van der Waals surface area contributed by atoms with Crippen LogP contribution in [0.2, 0.25) is 0 Å². The lowest BCUT2D eigenvalue weighted by molar-refractivity contribution is 0.435. The Balaban J connectivity index is 0.000000745. The van der Waals surface area contributed by atoms with E-state index in [9.17, 15) is 8.78 Å². The molecule has 0 bridgehead atoms. The van der Waals surface area contributed by atoms with Crippen LogP contribution in [-0.2, 0) is 18.0 Å². The van der Waals surface area contributed by atoms with Gasteiger partial charge in [-0.25, -0.2) is 8.78 Å². The van der Waals surface area contributed by atoms with E-state index in [0.717, 1.165) is 29.4 Å². The van der Waals surface area contributed by atoms with Crippen LogP contribution in [0.4, 0.5) is 8.78 Å². The molecule has 0 N–H and O–H groups in total. The molecule has 0 spiro atoms. The number of ether oxygens (including phenoxy) is 1. The molecule has 0 aliphatic carbocycles. The minimum atomic E-state index is -0.750. The number of halogens is 3. The SMILES string of the molecule is CCCc1ccc(Oc2ccc(F)cc2F)c(Br)c1.O=S=O. The summed E-state index contributed by atoms with van der Waals surface area (Å²) >= 11 is 2.64. The van der Waals surface area contributed by atoms with Crippen LogP contribution >= 0.6 is 15.9 Å². The topological polar surface area (TPSA) is 43.4 Å². The Hall–Kier alpha value is -1.60. The summed E-state index contributed by atoms with van der Waals surface area (Å²) in [5.74, 6) is -0.831. The Morgan fingerprint density at radius 1 is 1.09 bits per heavy atom. The maximum atomic E-state index is 13.5. The summed E-state index contributed by atoms with van der Waals surface area (Å²) < 4.78 is 49.1. The lowest BCUT2D eigenvalue weighted by atomic mass is 10.1. The highest BCUT2D eigenvalue weighted by Crippen LogP contribution is 2.32. The zero-order valence-corrected chi connectivity index (χ0v) is 14.0. The van der Waals surface area contributed by atoms with E-state index in [-0.39, 0.29) is 5.75 Å². The Bertz CT molecular complexity index is 674. The molecule has 0 saturated carbocycles. The van der Waals surface area contributed by atoms with E-state index >= 15 is 0 Å². The van der Waals surface area contributed by atoms with E-state index in [1.165, 1.54) is 11.6 Å². The normalized spacial score (nSPS) is 9.64. The highest BCUT2D eigenvalue weighted by Gasteiger charge is 2.09. The monoisotopic (exact) mass is 390 g/mol. The van der Waals surface area contributed by atoms with Gasteiger partial charge in [-0.1, -0.05) is 19.4 Å². The van der Waals surface area contributed by atoms with Crippen molar-refractivity contribution in [2.75, 3.05) is 0 Å². The summed E-state index contributed by atoms with van der Waals surface area (Å²) in [6.45, 7) is 2.10. The van der Waals surface area contributed by atoms with Crippen molar-refractivity contribution in [3.63, 3.8) is 0 Å². The van der Waals surface area contributed by atoms with Gasteiger partial charge in [0.1, 0.15) is 11.6 Å². The first-order valence-corrected chi connectivity index (χ1v) is 7.80. The Morgan fingerprint density at radius 3 is 2.27 bits per heavy atom. The van der Waals surface area contributed by atoms with Gasteiger partial charge in [-0.2, -0.15) is 8.42 Å². The van der Waals surface area contributed by atoms with Crippen molar-refractivity contribution in [3.8, 4) is 11.5 Å². The van der Waals surface area contributed by atoms with E-state index in [1.54, 1.807) is 6.07 Å². The van der Waals surface area contributed by atoms with Crippen molar-refractivity contribution >= 4 is 27.5 Å². The van der Waals surface area contributed by atoms with Gasteiger partial charge in [0.2, 0.25) is 0 Å². The molecule has 7 heteroatoms. The van der Waals surface area contributed by atoms with Crippen LogP contribution in [0.25, 0.3) is 0 Å². The van der Waals surface area contributed by atoms with Gasteiger partial charge < -0.3 is 4.74 Å². The fraction of sp³-hybridized carbons (Fsp3) is 0.200. The molecular weight excluding hydrogens is 378 g/mol. The molecule has 3 nitrogen and oxygen atoms in total. The highest BCUT2D eigenvalue weighted by atomic mass is 79.9. The summed E-state index contributed by atoms with van der Waals surface area (Å²) in [5, 5.41) is 0. The van der Waals surface area contributed by atoms with Crippen LogP contribution in [0.15, 0.2) is 40.9 Å². The van der Waals surface area contributed by atoms with Gasteiger partial charge in [-0.05, 0) is 52.2 Å². The first-order valence-electron chi connectivity index (χ1n) is 6.35. The third-order valence-electron chi connectivity index (χ3n) is 2.65. The smallest absolute Gasteiger partial charge is 0.335 e. The lowest BCUT2D eigenvalue weighted by Gasteiger charge is -2.10. The lowest BCUT2D eigenvalue weighted by Crippen LogP contribution is -1.91. The van der Waals surface area contributed by atoms with Gasteiger partial charge in [0, 0.05) is 6.07 Å². The highest BCUT2D eigenvalue weighted by molar-refractivity contribution is 9.10. The second-order valence-electron chi connectivity index (χ2n) is 4.26. The van der Waals surface area contributed by atoms with Gasteiger partial charge in [-0.15, -0.1) is 0 Å². The first-order chi connectivity index (χ1) is 10.5. The number of aryl methyl sites for hydroxylation is 1. The molecule has 0 radical (unpaired) electrons. The largest absolute Gasteiger partial charge is 0.453 e. The van der Waals surface area contributed by atoms with Gasteiger partial charge in [-0.3, -0.25) is 0 Å². The quantitative estimate of drug-likeness (QED) is 0.752. The molecule has 22 heavy (non-hydrogen) atoms. The minimum absolute atomic E-state index is 0.00495. The van der Waals surface area contributed by atoms with Crippen molar-refractivity contribution in [1.82, 2.24) is 0 Å². The molecule has 0 aliphatic heterocycles. The van der Waals surface area contributed by atoms with Crippen LogP contribution in [0, 0.1) is 11.6 Å². The van der Waals surface area contributed by atoms with E-state index in [1.807, 2.05) is 12.1 Å². The zero-order valence-electron chi connectivity index (χ0n) is 11.6. The maximum Gasteiger partial charge on any atom is 0.335 e. The Morgan fingerprint density at radius 2 is 1.73 bits per heavy atom. The molecule has 2 rings (SSSR count). The summed E-state index contributed by atoms with van der Waals surface area (Å²) in [5.41, 5.74) is 1.18. The molecule has 0 aliphatic rings. The standard InChI is InChI=1S/C15H13BrF2O.O2S/c1-2-3-10-4-6-14(12(16)8-10)19-15-7-5-11(17)9-13(15)18;1-3-2/h4-9H,2-3H2,1H3;. The fourth-order valence-electron chi connectivity index (χ4n) is 1.75. The molecule has 2 aromatic carbocycles. The van der Waals surface area contributed by atoms with Crippen molar-refractivity contribution in [3.05, 3.63) is 58.1 Å². The van der Waals surface area contributed by atoms with Crippen LogP contribution in [0.1, 0.15) is 18.9 Å². The van der Waals surface area contributed by atoms with Crippen molar-refractivity contribution in [1.29, 1.82) is 0 Å². The molecule has 2 aromatic rings. The van der Waals surface area contributed by atoms with Gasteiger partial charge in [0.15, 0.2) is 11.6 Å². The van der Waals surface area contributed by atoms with E-state index < -0.39 is 23.2 Å². The number of hydrogen-bond acceptors (Lipinski definition) is 3. The third kappa shape index (κ3) is 5.65. The molecule has 118 valence electrons. The Labute approximate surface area is 139 Å². The maximum absolute atomic E-state index is 13.5. The van der Waals surface area contributed by atoms with Crippen LogP contribution in [0.3, 0.4) is 0 Å². The van der Waals surface area contributed by atoms with E-state index in [2.05, 4.69) is 22.9 Å². The van der Waals surface area contributed by atoms with Gasteiger partial charge in [0.25, 0.3) is 0 Å². The average molecular weight is 391 g/mol. The molecule has 0 heterocycles. The summed E-state index contributed by atoms with van der Waals surface area (Å²) in [7, 11) is 0. The van der Waals surface area contributed by atoms with Crippen LogP contribution < -0.4 is 4.74 Å². The molecule has 0 fully saturated rings. The van der Waals surface area contributed by atoms with E-state index in [4.69, 9.17) is 13.2 Å². The predicted octanol–water partition coefficient (Wildman–Crippen LogP) is 4.80. The second-order valence-corrected chi connectivity index (χ2v) is 5.25. The predicted molar refractivity (Wildman–Crippen MR) is 83.5 cm³/mol. The molecule has 0 amide bonds. The first kappa shape index (κ1) is 18.4. The summed E-state index contributed by atoms with van der Waals surface area (Å²) in [6.07, 6.45) is 2.03. The van der Waals surface area contributed by atoms with Crippen LogP contribution in [0.5, 0.6) is 11.5 Å². The van der Waals surface area contributed by atoms with Gasteiger partial charge in [0.05, 0.1) is 4.47 Å². The summed E-state index contributed by atoms with van der Waals surface area (Å²) in [4.78, 5) is 0.